The van der Waals surface area contributed by atoms with Crippen LogP contribution in [0.2, 0.25) is 10.0 Å². The van der Waals surface area contributed by atoms with Gasteiger partial charge in [-0.1, -0.05) is 61.3 Å². The summed E-state index contributed by atoms with van der Waals surface area (Å²) in [6, 6.07) is 14.1. The van der Waals surface area contributed by atoms with Crippen molar-refractivity contribution in [2.45, 2.75) is 51.7 Å². The second-order valence-corrected chi connectivity index (χ2v) is 8.62. The molecule has 0 amide bonds. The highest BCUT2D eigenvalue weighted by Gasteiger charge is 2.30. The number of fused-ring (bicyclic) bond motifs is 1. The number of anilines is 1. The number of nitrogens with zero attached hydrogens (tertiary/aromatic N) is 2. The Morgan fingerprint density at radius 2 is 1.81 bits per heavy atom. The number of benzene rings is 2. The average molecular weight is 456 g/mol. The molecule has 1 aromatic heterocycles. The van der Waals surface area contributed by atoms with Crippen LogP contribution in [0.25, 0.3) is 11.3 Å². The maximum atomic E-state index is 6.49. The predicted molar refractivity (Wildman–Crippen MR) is 128 cm³/mol. The fraction of sp³-hybridized carbons (Fsp3) is 0.360. The first-order valence-electron chi connectivity index (χ1n) is 10.8. The van der Waals surface area contributed by atoms with E-state index in [0.717, 1.165) is 54.1 Å². The molecular formula is C25H27Cl2N3O. The van der Waals surface area contributed by atoms with E-state index in [1.54, 1.807) is 13.2 Å². The molecule has 1 aliphatic rings. The van der Waals surface area contributed by atoms with E-state index in [0.29, 0.717) is 10.0 Å². The molecule has 3 aromatic rings. The second-order valence-electron chi connectivity index (χ2n) is 7.78. The number of nitrogens with one attached hydrogen (secondary N) is 1. The van der Waals surface area contributed by atoms with Gasteiger partial charge in [0.05, 0.1) is 34.3 Å². The summed E-state index contributed by atoms with van der Waals surface area (Å²) in [5, 5.41) is 4.87. The van der Waals surface area contributed by atoms with Crippen molar-refractivity contribution >= 4 is 29.0 Å². The van der Waals surface area contributed by atoms with Crippen LogP contribution in [-0.2, 0) is 24.0 Å². The van der Waals surface area contributed by atoms with Crippen molar-refractivity contribution in [2.75, 3.05) is 12.4 Å². The molecule has 0 spiro atoms. The van der Waals surface area contributed by atoms with Crippen molar-refractivity contribution in [3.05, 3.63) is 75.0 Å². The largest absolute Gasteiger partial charge is 0.379 e. The molecule has 1 N–H and O–H groups in total. The zero-order chi connectivity index (χ0) is 22.0. The summed E-state index contributed by atoms with van der Waals surface area (Å²) >= 11 is 12.6. The summed E-state index contributed by atoms with van der Waals surface area (Å²) < 4.78 is 5.84. The van der Waals surface area contributed by atoms with E-state index in [9.17, 15) is 0 Å². The van der Waals surface area contributed by atoms with Gasteiger partial charge in [0.2, 0.25) is 0 Å². The number of hydrogen-bond acceptors (Lipinski definition) is 4. The Bertz CT molecular complexity index is 1090. The summed E-state index contributed by atoms with van der Waals surface area (Å²) in [4.78, 5) is 10.0. The van der Waals surface area contributed by atoms with E-state index in [2.05, 4.69) is 43.4 Å². The Hall–Kier alpha value is -2.14. The fourth-order valence-electron chi connectivity index (χ4n) is 4.31. The zero-order valence-corrected chi connectivity index (χ0v) is 19.6. The van der Waals surface area contributed by atoms with Gasteiger partial charge >= 0.3 is 0 Å². The molecule has 2 aromatic carbocycles. The molecule has 31 heavy (non-hydrogen) atoms. The average Bonchev–Trinajstić information content (AvgIpc) is 2.79. The van der Waals surface area contributed by atoms with Crippen molar-refractivity contribution < 1.29 is 4.74 Å². The number of aryl methyl sites for hydroxylation is 3. The molecule has 0 bridgehead atoms. The zero-order valence-electron chi connectivity index (χ0n) is 18.1. The molecule has 2 atom stereocenters. The van der Waals surface area contributed by atoms with Gasteiger partial charge in [-0.15, -0.1) is 0 Å². The van der Waals surface area contributed by atoms with Gasteiger partial charge in [0, 0.05) is 17.7 Å². The number of halogens is 2. The summed E-state index contributed by atoms with van der Waals surface area (Å²) in [6.07, 6.45) is 3.57. The van der Waals surface area contributed by atoms with E-state index >= 15 is 0 Å². The molecule has 1 aliphatic carbocycles. The molecule has 0 saturated carbocycles. The lowest BCUT2D eigenvalue weighted by Crippen LogP contribution is -2.33. The topological polar surface area (TPSA) is 47.0 Å². The number of ether oxygens (including phenoxy) is 1. The monoisotopic (exact) mass is 455 g/mol. The Labute approximate surface area is 194 Å². The van der Waals surface area contributed by atoms with Crippen LogP contribution in [0.3, 0.4) is 0 Å². The maximum absolute atomic E-state index is 6.49. The number of methoxy groups -OCH3 is 1. The van der Waals surface area contributed by atoms with E-state index in [1.165, 1.54) is 11.1 Å². The van der Waals surface area contributed by atoms with Crippen molar-refractivity contribution in [2.24, 2.45) is 0 Å². The molecule has 162 valence electrons. The van der Waals surface area contributed by atoms with Crippen LogP contribution in [0.15, 0.2) is 42.5 Å². The van der Waals surface area contributed by atoms with Crippen LogP contribution in [0, 0.1) is 0 Å². The molecule has 0 unspecified atom stereocenters. The van der Waals surface area contributed by atoms with Gasteiger partial charge in [-0.3, -0.25) is 0 Å². The molecule has 4 nitrogen and oxygen atoms in total. The molecule has 1 heterocycles. The van der Waals surface area contributed by atoms with Crippen molar-refractivity contribution in [3.8, 4) is 11.3 Å². The highest BCUT2D eigenvalue weighted by molar-refractivity contribution is 6.36. The highest BCUT2D eigenvalue weighted by Crippen LogP contribution is 2.36. The SMILES string of the molecule is CCc1nc(-c2ccc(Cl)cc2Cl)c(CC)nc1N[C@H]1c2ccccc2CC[C@H]1OC. The molecule has 0 fully saturated rings. The lowest BCUT2D eigenvalue weighted by atomic mass is 9.85. The molecule has 4 rings (SSSR count). The molecule has 0 saturated heterocycles. The normalized spacial score (nSPS) is 18.0. The van der Waals surface area contributed by atoms with Gasteiger partial charge < -0.3 is 10.1 Å². The lowest BCUT2D eigenvalue weighted by Gasteiger charge is -2.34. The highest BCUT2D eigenvalue weighted by atomic mass is 35.5. The van der Waals surface area contributed by atoms with Crippen LogP contribution < -0.4 is 5.32 Å². The summed E-state index contributed by atoms with van der Waals surface area (Å²) in [5.74, 6) is 0.817. The third kappa shape index (κ3) is 4.43. The van der Waals surface area contributed by atoms with Crippen LogP contribution >= 0.6 is 23.2 Å². The number of rotatable bonds is 6. The van der Waals surface area contributed by atoms with E-state index in [1.807, 2.05) is 12.1 Å². The van der Waals surface area contributed by atoms with Gasteiger partial charge in [0.25, 0.3) is 0 Å². The molecule has 0 aliphatic heterocycles. The van der Waals surface area contributed by atoms with Crippen LogP contribution in [0.5, 0.6) is 0 Å². The van der Waals surface area contributed by atoms with Gasteiger partial charge in [-0.2, -0.15) is 0 Å². The summed E-state index contributed by atoms with van der Waals surface area (Å²) in [7, 11) is 1.78. The first-order valence-corrected chi connectivity index (χ1v) is 11.5. The third-order valence-corrected chi connectivity index (χ3v) is 6.50. The van der Waals surface area contributed by atoms with Crippen molar-refractivity contribution in [3.63, 3.8) is 0 Å². The number of hydrogen-bond donors (Lipinski definition) is 1. The Kier molecular flexibility index (Phi) is 6.80. The Balaban J connectivity index is 1.77. The minimum absolute atomic E-state index is 0.0317. The van der Waals surface area contributed by atoms with Gasteiger partial charge in [0.15, 0.2) is 0 Å². The number of aromatic nitrogens is 2. The fourth-order valence-corrected chi connectivity index (χ4v) is 4.81. The van der Waals surface area contributed by atoms with Gasteiger partial charge in [-0.05, 0) is 55.0 Å². The second kappa shape index (κ2) is 9.56. The van der Waals surface area contributed by atoms with Gasteiger partial charge in [-0.25, -0.2) is 9.97 Å². The minimum Gasteiger partial charge on any atom is -0.379 e. The van der Waals surface area contributed by atoms with Crippen molar-refractivity contribution in [1.82, 2.24) is 9.97 Å². The lowest BCUT2D eigenvalue weighted by molar-refractivity contribution is 0.0735. The minimum atomic E-state index is 0.0317. The van der Waals surface area contributed by atoms with E-state index < -0.39 is 0 Å². The Morgan fingerprint density at radius 1 is 1.03 bits per heavy atom. The first kappa shape index (κ1) is 22.1. The summed E-state index contributed by atoms with van der Waals surface area (Å²) in [6.45, 7) is 4.18. The van der Waals surface area contributed by atoms with Crippen LogP contribution in [0.4, 0.5) is 5.82 Å². The Morgan fingerprint density at radius 3 is 2.52 bits per heavy atom. The van der Waals surface area contributed by atoms with Crippen molar-refractivity contribution in [1.29, 1.82) is 0 Å². The first-order chi connectivity index (χ1) is 15.0. The predicted octanol–water partition coefficient (Wildman–Crippen LogP) is 6.69. The molecule has 0 radical (unpaired) electrons. The maximum Gasteiger partial charge on any atom is 0.148 e. The van der Waals surface area contributed by atoms with Crippen LogP contribution in [0.1, 0.15) is 48.8 Å². The standard InChI is InChI=1S/C25H27Cl2N3O/c1-4-20-23(18-12-11-16(26)14-19(18)27)28-21(5-2)25(29-20)30-24-17-9-7-6-8-15(17)10-13-22(24)31-3/h6-9,11-12,14,22,24H,4-5,10,13H2,1-3H3,(H,29,30)/t22-,24+/m1/s1. The molecule has 6 heteroatoms. The summed E-state index contributed by atoms with van der Waals surface area (Å²) in [5.41, 5.74) is 6.12. The third-order valence-electron chi connectivity index (χ3n) is 5.95. The van der Waals surface area contributed by atoms with E-state index in [-0.39, 0.29) is 12.1 Å². The van der Waals surface area contributed by atoms with Crippen LogP contribution in [-0.4, -0.2) is 23.2 Å². The smallest absolute Gasteiger partial charge is 0.148 e. The van der Waals surface area contributed by atoms with Gasteiger partial charge in [0.1, 0.15) is 5.82 Å². The molecular weight excluding hydrogens is 429 g/mol. The quantitative estimate of drug-likeness (QED) is 0.449. The van der Waals surface area contributed by atoms with E-state index in [4.69, 9.17) is 37.9 Å².